The first-order valence-corrected chi connectivity index (χ1v) is 8.16. The molecule has 0 saturated carbocycles. The van der Waals surface area contributed by atoms with Crippen molar-refractivity contribution in [3.8, 4) is 11.1 Å². The van der Waals surface area contributed by atoms with Crippen molar-refractivity contribution in [3.05, 3.63) is 36.7 Å². The first kappa shape index (κ1) is 15.0. The molecule has 0 N–H and O–H groups in total. The van der Waals surface area contributed by atoms with Crippen LogP contribution in [-0.2, 0) is 21.1 Å². The van der Waals surface area contributed by atoms with Gasteiger partial charge in [-0.25, -0.2) is 8.42 Å². The van der Waals surface area contributed by atoms with Gasteiger partial charge in [0, 0.05) is 18.9 Å². The average molecular weight is 315 g/mol. The van der Waals surface area contributed by atoms with Crippen molar-refractivity contribution in [2.45, 2.75) is 11.4 Å². The van der Waals surface area contributed by atoms with E-state index >= 15 is 0 Å². The molecule has 1 aromatic heterocycles. The van der Waals surface area contributed by atoms with E-state index in [0.29, 0.717) is 13.2 Å². The van der Waals surface area contributed by atoms with Gasteiger partial charge in [0.25, 0.3) is 0 Å². The molecule has 1 aromatic carbocycles. The first-order valence-electron chi connectivity index (χ1n) is 5.97. The van der Waals surface area contributed by atoms with Crippen LogP contribution in [0.3, 0.4) is 0 Å². The molecule has 1 heterocycles. The molecule has 0 aliphatic carbocycles. The Labute approximate surface area is 123 Å². The lowest BCUT2D eigenvalue weighted by molar-refractivity contribution is 0.183. The van der Waals surface area contributed by atoms with Crippen LogP contribution in [0, 0.1) is 0 Å². The maximum Gasteiger partial charge on any atom is 0.192 e. The number of nitrogens with zero attached hydrogens (tertiary/aromatic N) is 2. The predicted molar refractivity (Wildman–Crippen MR) is 77.4 cm³/mol. The maximum atomic E-state index is 11.6. The number of alkyl halides is 1. The molecule has 20 heavy (non-hydrogen) atoms. The lowest BCUT2D eigenvalue weighted by atomic mass is 10.1. The van der Waals surface area contributed by atoms with Crippen molar-refractivity contribution in [3.63, 3.8) is 0 Å². The standard InChI is InChI=1S/C13H15ClN2O3S/c1-19-7-6-16-9-12(8-15-16)11-2-4-13(5-3-11)20(17,18)10-14/h2-5,8-9H,6-7,10H2,1H3. The van der Waals surface area contributed by atoms with Crippen molar-refractivity contribution in [1.29, 1.82) is 0 Å². The fourth-order valence-electron chi connectivity index (χ4n) is 1.74. The van der Waals surface area contributed by atoms with Crippen molar-refractivity contribution in [1.82, 2.24) is 9.78 Å². The Morgan fingerprint density at radius 2 is 1.95 bits per heavy atom. The molecule has 0 radical (unpaired) electrons. The predicted octanol–water partition coefficient (Wildman–Crippen LogP) is 2.17. The molecule has 5 nitrogen and oxygen atoms in total. The molecule has 2 rings (SSSR count). The minimum Gasteiger partial charge on any atom is -0.383 e. The summed E-state index contributed by atoms with van der Waals surface area (Å²) in [6, 6.07) is 6.60. The smallest absolute Gasteiger partial charge is 0.192 e. The quantitative estimate of drug-likeness (QED) is 0.767. The largest absolute Gasteiger partial charge is 0.383 e. The highest BCUT2D eigenvalue weighted by Crippen LogP contribution is 2.21. The highest BCUT2D eigenvalue weighted by molar-refractivity contribution is 7.92. The molecule has 2 aromatic rings. The van der Waals surface area contributed by atoms with Crippen molar-refractivity contribution in [2.75, 3.05) is 18.9 Å². The second kappa shape index (κ2) is 6.39. The Balaban J connectivity index is 2.20. The zero-order valence-electron chi connectivity index (χ0n) is 11.0. The number of sulfone groups is 1. The molecule has 0 saturated heterocycles. The summed E-state index contributed by atoms with van der Waals surface area (Å²) in [7, 11) is -1.74. The normalized spacial score (nSPS) is 11.7. The summed E-state index contributed by atoms with van der Waals surface area (Å²) in [5, 5.41) is 3.80. The maximum absolute atomic E-state index is 11.6. The summed E-state index contributed by atoms with van der Waals surface area (Å²) < 4.78 is 30.0. The Kier molecular flexibility index (Phi) is 4.80. The highest BCUT2D eigenvalue weighted by Gasteiger charge is 2.12. The zero-order valence-corrected chi connectivity index (χ0v) is 12.6. The fraction of sp³-hybridized carbons (Fsp3) is 0.308. The van der Waals surface area contributed by atoms with E-state index in [1.807, 2.05) is 6.20 Å². The molecule has 0 unspecified atom stereocenters. The van der Waals surface area contributed by atoms with E-state index in [4.69, 9.17) is 16.3 Å². The van der Waals surface area contributed by atoms with Gasteiger partial charge in [-0.3, -0.25) is 4.68 Å². The topological polar surface area (TPSA) is 61.2 Å². The third-order valence-electron chi connectivity index (χ3n) is 2.85. The van der Waals surface area contributed by atoms with Gasteiger partial charge in [0.1, 0.15) is 5.21 Å². The number of rotatable bonds is 6. The lowest BCUT2D eigenvalue weighted by Crippen LogP contribution is -2.03. The third kappa shape index (κ3) is 3.39. The van der Waals surface area contributed by atoms with Crippen LogP contribution in [0.4, 0.5) is 0 Å². The van der Waals surface area contributed by atoms with Gasteiger partial charge in [-0.1, -0.05) is 12.1 Å². The summed E-state index contributed by atoms with van der Waals surface area (Å²) in [5.74, 6) is 0. The minimum atomic E-state index is -3.38. The van der Waals surface area contributed by atoms with Crippen LogP contribution in [0.15, 0.2) is 41.6 Å². The van der Waals surface area contributed by atoms with Crippen molar-refractivity contribution in [2.24, 2.45) is 0 Å². The monoisotopic (exact) mass is 314 g/mol. The van der Waals surface area contributed by atoms with Gasteiger partial charge >= 0.3 is 0 Å². The van der Waals surface area contributed by atoms with E-state index in [1.165, 1.54) is 0 Å². The Hall–Kier alpha value is -1.37. The number of ether oxygens (including phenoxy) is 1. The van der Waals surface area contributed by atoms with Crippen LogP contribution in [-0.4, -0.2) is 37.1 Å². The molecule has 0 bridgehead atoms. The summed E-state index contributed by atoms with van der Waals surface area (Å²) in [6.45, 7) is 1.27. The van der Waals surface area contributed by atoms with Crippen LogP contribution in [0.5, 0.6) is 0 Å². The first-order chi connectivity index (χ1) is 9.56. The van der Waals surface area contributed by atoms with Gasteiger partial charge in [-0.2, -0.15) is 5.10 Å². The molecule has 0 aliphatic heterocycles. The molecule has 0 aliphatic rings. The molecule has 0 atom stereocenters. The van der Waals surface area contributed by atoms with E-state index in [9.17, 15) is 8.42 Å². The summed E-state index contributed by atoms with van der Waals surface area (Å²) in [6.07, 6.45) is 3.63. The summed E-state index contributed by atoms with van der Waals surface area (Å²) in [5.41, 5.74) is 1.83. The molecular weight excluding hydrogens is 300 g/mol. The molecule has 0 fully saturated rings. The zero-order chi connectivity index (χ0) is 14.6. The van der Waals surface area contributed by atoms with Crippen molar-refractivity contribution >= 4 is 21.4 Å². The lowest BCUT2D eigenvalue weighted by Gasteiger charge is -2.02. The number of hydrogen-bond donors (Lipinski definition) is 0. The molecular formula is C13H15ClN2O3S. The van der Waals surface area contributed by atoms with Gasteiger partial charge in [-0.15, -0.1) is 11.6 Å². The van der Waals surface area contributed by atoms with Crippen LogP contribution < -0.4 is 0 Å². The third-order valence-corrected chi connectivity index (χ3v) is 4.99. The van der Waals surface area contributed by atoms with E-state index in [2.05, 4.69) is 5.10 Å². The number of benzene rings is 1. The van der Waals surface area contributed by atoms with Gasteiger partial charge in [-0.05, 0) is 17.7 Å². The van der Waals surface area contributed by atoms with E-state index in [0.717, 1.165) is 11.1 Å². The second-order valence-electron chi connectivity index (χ2n) is 4.23. The Morgan fingerprint density at radius 1 is 1.25 bits per heavy atom. The van der Waals surface area contributed by atoms with Crippen LogP contribution in [0.25, 0.3) is 11.1 Å². The highest BCUT2D eigenvalue weighted by atomic mass is 35.5. The van der Waals surface area contributed by atoms with Gasteiger partial charge in [0.15, 0.2) is 9.84 Å². The SMILES string of the molecule is COCCn1cc(-c2ccc(S(=O)(=O)CCl)cc2)cn1. The summed E-state index contributed by atoms with van der Waals surface area (Å²) >= 11 is 5.42. The molecule has 108 valence electrons. The number of hydrogen-bond acceptors (Lipinski definition) is 4. The molecule has 0 amide bonds. The molecule has 0 spiro atoms. The van der Waals surface area contributed by atoms with Gasteiger partial charge in [0.2, 0.25) is 0 Å². The summed E-state index contributed by atoms with van der Waals surface area (Å²) in [4.78, 5) is 0.225. The van der Waals surface area contributed by atoms with Crippen molar-refractivity contribution < 1.29 is 13.2 Å². The Morgan fingerprint density at radius 3 is 2.55 bits per heavy atom. The molecule has 7 heteroatoms. The average Bonchev–Trinajstić information content (AvgIpc) is 2.94. The minimum absolute atomic E-state index is 0.225. The second-order valence-corrected chi connectivity index (χ2v) is 6.81. The van der Waals surface area contributed by atoms with Crippen LogP contribution >= 0.6 is 11.6 Å². The van der Waals surface area contributed by atoms with Crippen LogP contribution in [0.2, 0.25) is 0 Å². The fourth-order valence-corrected chi connectivity index (χ4v) is 2.79. The van der Waals surface area contributed by atoms with Crippen LogP contribution in [0.1, 0.15) is 0 Å². The number of methoxy groups -OCH3 is 1. The Bertz CT molecular complexity index is 665. The van der Waals surface area contributed by atoms with E-state index < -0.39 is 15.0 Å². The van der Waals surface area contributed by atoms with E-state index in [-0.39, 0.29) is 4.90 Å². The van der Waals surface area contributed by atoms with Gasteiger partial charge < -0.3 is 4.74 Å². The number of aromatic nitrogens is 2. The van der Waals surface area contributed by atoms with Gasteiger partial charge in [0.05, 0.1) is 24.2 Å². The number of halogens is 1. The van der Waals surface area contributed by atoms with E-state index in [1.54, 1.807) is 42.3 Å².